The molecule has 24 heavy (non-hydrogen) atoms. The molecule has 0 radical (unpaired) electrons. The highest BCUT2D eigenvalue weighted by Crippen LogP contribution is 2.22. The second-order valence-corrected chi connectivity index (χ2v) is 6.14. The number of carbonyl (C=O) groups excluding carboxylic acids is 1. The Kier molecular flexibility index (Phi) is 5.28. The van der Waals surface area contributed by atoms with Crippen LogP contribution in [0.2, 0.25) is 0 Å². The largest absolute Gasteiger partial charge is 0.355 e. The van der Waals surface area contributed by atoms with Crippen molar-refractivity contribution in [3.05, 3.63) is 71.2 Å². The van der Waals surface area contributed by atoms with Gasteiger partial charge in [0, 0.05) is 29.9 Å². The maximum atomic E-state index is 12.8. The summed E-state index contributed by atoms with van der Waals surface area (Å²) in [5.41, 5.74) is 2.74. The van der Waals surface area contributed by atoms with Gasteiger partial charge in [-0.25, -0.2) is 9.37 Å². The van der Waals surface area contributed by atoms with Gasteiger partial charge in [-0.05, 0) is 36.2 Å². The minimum atomic E-state index is -0.253. The summed E-state index contributed by atoms with van der Waals surface area (Å²) in [5, 5.41) is 5.64. The molecule has 1 amide bonds. The number of hydrogen-bond acceptors (Lipinski definition) is 4. The molecule has 6 heteroatoms. The smallest absolute Gasteiger partial charge is 0.226 e. The number of aromatic nitrogens is 2. The van der Waals surface area contributed by atoms with Gasteiger partial charge >= 0.3 is 0 Å². The van der Waals surface area contributed by atoms with Crippen LogP contribution in [0.25, 0.3) is 10.6 Å². The Morgan fingerprint density at radius 2 is 1.88 bits per heavy atom. The van der Waals surface area contributed by atoms with Gasteiger partial charge in [-0.3, -0.25) is 9.78 Å². The lowest BCUT2D eigenvalue weighted by molar-refractivity contribution is -0.120. The van der Waals surface area contributed by atoms with E-state index in [1.165, 1.54) is 23.5 Å². The molecule has 2 aromatic heterocycles. The minimum absolute atomic E-state index is 0.0660. The Hall–Kier alpha value is -2.60. The van der Waals surface area contributed by atoms with Gasteiger partial charge in [0.15, 0.2) is 0 Å². The van der Waals surface area contributed by atoms with Gasteiger partial charge < -0.3 is 5.32 Å². The molecule has 4 nitrogen and oxygen atoms in total. The molecule has 0 saturated carbocycles. The van der Waals surface area contributed by atoms with Crippen LogP contribution < -0.4 is 5.32 Å². The van der Waals surface area contributed by atoms with Gasteiger partial charge in [0.1, 0.15) is 10.8 Å². The van der Waals surface area contributed by atoms with Crippen molar-refractivity contribution in [1.82, 2.24) is 15.3 Å². The van der Waals surface area contributed by atoms with Crippen LogP contribution in [0.15, 0.2) is 54.2 Å². The first-order valence-electron chi connectivity index (χ1n) is 7.56. The number of hydrogen-bond donors (Lipinski definition) is 1. The molecule has 0 unspecified atom stereocenters. The van der Waals surface area contributed by atoms with Gasteiger partial charge in [0.05, 0.1) is 12.1 Å². The zero-order valence-electron chi connectivity index (χ0n) is 12.9. The standard InChI is InChI=1S/C18H16FN3OS/c19-15-3-1-13(2-4-15)5-10-21-17(23)11-16-12-24-18(22-16)14-6-8-20-9-7-14/h1-4,6-9,12H,5,10-11H2,(H,21,23). The molecule has 0 saturated heterocycles. The van der Waals surface area contributed by atoms with Gasteiger partial charge in [-0.1, -0.05) is 12.1 Å². The fourth-order valence-corrected chi connectivity index (χ4v) is 3.07. The van der Waals surface area contributed by atoms with Crippen molar-refractivity contribution in [1.29, 1.82) is 0 Å². The molecule has 122 valence electrons. The average molecular weight is 341 g/mol. The van der Waals surface area contributed by atoms with Crippen molar-refractivity contribution in [2.24, 2.45) is 0 Å². The predicted molar refractivity (Wildman–Crippen MR) is 92.2 cm³/mol. The first-order chi connectivity index (χ1) is 11.7. The third-order valence-corrected chi connectivity index (χ3v) is 4.41. The van der Waals surface area contributed by atoms with Crippen LogP contribution in [0, 0.1) is 5.82 Å². The number of pyridine rings is 1. The van der Waals surface area contributed by atoms with E-state index in [4.69, 9.17) is 0 Å². The average Bonchev–Trinajstić information content (AvgIpc) is 3.06. The second-order valence-electron chi connectivity index (χ2n) is 5.28. The molecule has 0 fully saturated rings. The first-order valence-corrected chi connectivity index (χ1v) is 8.44. The fourth-order valence-electron chi connectivity index (χ4n) is 2.24. The summed E-state index contributed by atoms with van der Waals surface area (Å²) in [7, 11) is 0. The Labute approximate surface area is 143 Å². The number of halogens is 1. The number of carbonyl (C=O) groups is 1. The van der Waals surface area contributed by atoms with Crippen molar-refractivity contribution in [3.63, 3.8) is 0 Å². The molecule has 3 aromatic rings. The Morgan fingerprint density at radius 1 is 1.12 bits per heavy atom. The molecule has 0 aliphatic heterocycles. The zero-order valence-corrected chi connectivity index (χ0v) is 13.7. The lowest BCUT2D eigenvalue weighted by Crippen LogP contribution is -2.27. The predicted octanol–water partition coefficient (Wildman–Crippen LogP) is 3.25. The van der Waals surface area contributed by atoms with Gasteiger partial charge in [-0.15, -0.1) is 11.3 Å². The van der Waals surface area contributed by atoms with Crippen molar-refractivity contribution < 1.29 is 9.18 Å². The van der Waals surface area contributed by atoms with E-state index in [1.807, 2.05) is 17.5 Å². The normalized spacial score (nSPS) is 10.5. The number of thiazole rings is 1. The zero-order chi connectivity index (χ0) is 16.8. The van der Waals surface area contributed by atoms with Crippen LogP contribution in [0.3, 0.4) is 0 Å². The van der Waals surface area contributed by atoms with Crippen LogP contribution in [0.5, 0.6) is 0 Å². The quantitative estimate of drug-likeness (QED) is 0.749. The fraction of sp³-hybridized carbons (Fsp3) is 0.167. The first kappa shape index (κ1) is 16.3. The number of rotatable bonds is 6. The number of nitrogens with zero attached hydrogens (tertiary/aromatic N) is 2. The van der Waals surface area contributed by atoms with E-state index in [9.17, 15) is 9.18 Å². The lowest BCUT2D eigenvalue weighted by atomic mass is 10.1. The van der Waals surface area contributed by atoms with Crippen molar-refractivity contribution in [2.45, 2.75) is 12.8 Å². The van der Waals surface area contributed by atoms with Crippen LogP contribution in [0.1, 0.15) is 11.3 Å². The van der Waals surface area contributed by atoms with Crippen molar-refractivity contribution in [2.75, 3.05) is 6.54 Å². The van der Waals surface area contributed by atoms with Crippen LogP contribution in [-0.2, 0) is 17.6 Å². The number of amides is 1. The number of benzene rings is 1. The summed E-state index contributed by atoms with van der Waals surface area (Å²) >= 11 is 1.51. The molecule has 0 aliphatic rings. The summed E-state index contributed by atoms with van der Waals surface area (Å²) < 4.78 is 12.8. The molecule has 1 aromatic carbocycles. The summed E-state index contributed by atoms with van der Waals surface area (Å²) in [6, 6.07) is 10.1. The Bertz CT molecular complexity index is 803. The maximum absolute atomic E-state index is 12.8. The molecule has 0 atom stereocenters. The van der Waals surface area contributed by atoms with Crippen molar-refractivity contribution >= 4 is 17.2 Å². The van der Waals surface area contributed by atoms with E-state index in [-0.39, 0.29) is 18.1 Å². The lowest BCUT2D eigenvalue weighted by Gasteiger charge is -2.04. The van der Waals surface area contributed by atoms with E-state index >= 15 is 0 Å². The van der Waals surface area contributed by atoms with Crippen molar-refractivity contribution in [3.8, 4) is 10.6 Å². The van der Waals surface area contributed by atoms with Gasteiger partial charge in [-0.2, -0.15) is 0 Å². The summed E-state index contributed by atoms with van der Waals surface area (Å²) in [4.78, 5) is 20.5. The highest BCUT2D eigenvalue weighted by molar-refractivity contribution is 7.13. The molecule has 1 N–H and O–H groups in total. The molecular formula is C18H16FN3OS. The summed E-state index contributed by atoms with van der Waals surface area (Å²) in [5.74, 6) is -0.319. The van der Waals surface area contributed by atoms with E-state index in [0.29, 0.717) is 13.0 Å². The van der Waals surface area contributed by atoms with Crippen LogP contribution in [-0.4, -0.2) is 22.4 Å². The molecule has 0 spiro atoms. The molecule has 2 heterocycles. The van der Waals surface area contributed by atoms with Gasteiger partial charge in [0.2, 0.25) is 5.91 Å². The molecule has 0 bridgehead atoms. The monoisotopic (exact) mass is 341 g/mol. The SMILES string of the molecule is O=C(Cc1csc(-c2ccncc2)n1)NCCc1ccc(F)cc1. The number of nitrogens with one attached hydrogen (secondary N) is 1. The third-order valence-electron chi connectivity index (χ3n) is 3.47. The third kappa shape index (κ3) is 4.45. The topological polar surface area (TPSA) is 54.9 Å². The van der Waals surface area contributed by atoms with E-state index in [1.54, 1.807) is 24.5 Å². The minimum Gasteiger partial charge on any atom is -0.355 e. The highest BCUT2D eigenvalue weighted by atomic mass is 32.1. The Balaban J connectivity index is 1.48. The van der Waals surface area contributed by atoms with Crippen LogP contribution in [0.4, 0.5) is 4.39 Å². The maximum Gasteiger partial charge on any atom is 0.226 e. The summed E-state index contributed by atoms with van der Waals surface area (Å²) in [6.07, 6.45) is 4.37. The second kappa shape index (κ2) is 7.79. The van der Waals surface area contributed by atoms with E-state index in [0.717, 1.165) is 21.8 Å². The van der Waals surface area contributed by atoms with Gasteiger partial charge in [0.25, 0.3) is 0 Å². The van der Waals surface area contributed by atoms with E-state index < -0.39 is 0 Å². The van der Waals surface area contributed by atoms with Crippen LogP contribution >= 0.6 is 11.3 Å². The molecule has 3 rings (SSSR count). The van der Waals surface area contributed by atoms with E-state index in [2.05, 4.69) is 15.3 Å². The molecule has 0 aliphatic carbocycles. The molecular weight excluding hydrogens is 325 g/mol. The highest BCUT2D eigenvalue weighted by Gasteiger charge is 2.08. The Morgan fingerprint density at radius 3 is 2.62 bits per heavy atom. The summed E-state index contributed by atoms with van der Waals surface area (Å²) in [6.45, 7) is 0.520.